The molecular weight excluding hydrogens is 294 g/mol. The molecule has 120 valence electrons. The van der Waals surface area contributed by atoms with E-state index in [4.69, 9.17) is 0 Å². The zero-order valence-corrected chi connectivity index (χ0v) is 13.0. The summed E-state index contributed by atoms with van der Waals surface area (Å²) in [7, 11) is 0. The summed E-state index contributed by atoms with van der Waals surface area (Å²) < 4.78 is 0. The maximum absolute atomic E-state index is 12.7. The summed E-state index contributed by atoms with van der Waals surface area (Å²) in [6.45, 7) is 2.83. The number of nitrogens with one attached hydrogen (secondary N) is 2. The van der Waals surface area contributed by atoms with Crippen LogP contribution in [0.5, 0.6) is 0 Å². The average molecular weight is 313 g/mol. The molecule has 2 aromatic rings. The summed E-state index contributed by atoms with van der Waals surface area (Å²) in [4.78, 5) is 42.3. The molecule has 0 unspecified atom stereocenters. The van der Waals surface area contributed by atoms with Crippen LogP contribution in [0.1, 0.15) is 36.5 Å². The van der Waals surface area contributed by atoms with Crippen molar-refractivity contribution in [1.29, 1.82) is 0 Å². The SMILES string of the molecule is C[C@@H]1CCCCN1C(=O)c1cccc(-c2c[nH]c(=O)[nH]c2=O)c1. The van der Waals surface area contributed by atoms with Gasteiger partial charge < -0.3 is 9.88 Å². The van der Waals surface area contributed by atoms with E-state index < -0.39 is 11.2 Å². The Bertz CT molecular complexity index is 837. The van der Waals surface area contributed by atoms with Crippen LogP contribution in [-0.4, -0.2) is 33.4 Å². The fraction of sp³-hybridized carbons (Fsp3) is 0.353. The Hall–Kier alpha value is -2.63. The molecule has 2 N–H and O–H groups in total. The standard InChI is InChI=1S/C17H19N3O3/c1-11-5-2-3-8-20(11)16(22)13-7-4-6-12(9-13)14-10-18-17(23)19-15(14)21/h4,6-7,9-11H,2-3,5,8H2,1H3,(H2,18,19,21,23)/t11-/m1/s1. The molecule has 1 aromatic carbocycles. The zero-order valence-electron chi connectivity index (χ0n) is 13.0. The summed E-state index contributed by atoms with van der Waals surface area (Å²) >= 11 is 0. The summed E-state index contributed by atoms with van der Waals surface area (Å²) in [5.74, 6) is -0.0140. The number of aromatic nitrogens is 2. The molecule has 1 aromatic heterocycles. The number of hydrogen-bond acceptors (Lipinski definition) is 3. The lowest BCUT2D eigenvalue weighted by Gasteiger charge is -2.33. The Morgan fingerprint density at radius 3 is 2.83 bits per heavy atom. The second-order valence-electron chi connectivity index (χ2n) is 5.91. The molecule has 0 aliphatic carbocycles. The highest BCUT2D eigenvalue weighted by Crippen LogP contribution is 2.21. The molecule has 0 radical (unpaired) electrons. The van der Waals surface area contributed by atoms with Crippen LogP contribution in [0.25, 0.3) is 11.1 Å². The third-order valence-corrected chi connectivity index (χ3v) is 4.30. The van der Waals surface area contributed by atoms with Crippen molar-refractivity contribution < 1.29 is 4.79 Å². The quantitative estimate of drug-likeness (QED) is 0.885. The number of hydrogen-bond donors (Lipinski definition) is 2. The number of likely N-dealkylation sites (tertiary alicyclic amines) is 1. The van der Waals surface area contributed by atoms with Gasteiger partial charge in [0.05, 0.1) is 5.56 Å². The molecule has 23 heavy (non-hydrogen) atoms. The number of H-pyrrole nitrogens is 2. The summed E-state index contributed by atoms with van der Waals surface area (Å²) in [5, 5.41) is 0. The summed E-state index contributed by atoms with van der Waals surface area (Å²) in [6, 6.07) is 7.19. The molecular formula is C17H19N3O3. The van der Waals surface area contributed by atoms with Crippen LogP contribution in [0.4, 0.5) is 0 Å². The van der Waals surface area contributed by atoms with Crippen molar-refractivity contribution >= 4 is 5.91 Å². The second kappa shape index (κ2) is 6.24. The Kier molecular flexibility index (Phi) is 4.14. The van der Waals surface area contributed by atoms with E-state index in [1.165, 1.54) is 6.20 Å². The number of nitrogens with zero attached hydrogens (tertiary/aromatic N) is 1. The monoisotopic (exact) mass is 313 g/mol. The molecule has 1 amide bonds. The number of amides is 1. The Morgan fingerprint density at radius 1 is 1.26 bits per heavy atom. The molecule has 1 saturated heterocycles. The molecule has 1 aliphatic heterocycles. The highest BCUT2D eigenvalue weighted by atomic mass is 16.2. The van der Waals surface area contributed by atoms with Gasteiger partial charge in [0.15, 0.2) is 0 Å². The van der Waals surface area contributed by atoms with Crippen molar-refractivity contribution in [3.8, 4) is 11.1 Å². The smallest absolute Gasteiger partial charge is 0.325 e. The van der Waals surface area contributed by atoms with Gasteiger partial charge in [0.1, 0.15) is 0 Å². The van der Waals surface area contributed by atoms with Gasteiger partial charge in [-0.3, -0.25) is 14.6 Å². The first-order valence-electron chi connectivity index (χ1n) is 7.79. The van der Waals surface area contributed by atoms with Crippen LogP contribution in [0.2, 0.25) is 0 Å². The number of carbonyl (C=O) groups excluding carboxylic acids is 1. The van der Waals surface area contributed by atoms with Crippen LogP contribution in [0.15, 0.2) is 40.1 Å². The van der Waals surface area contributed by atoms with Crippen LogP contribution in [0, 0.1) is 0 Å². The Balaban J connectivity index is 1.95. The minimum atomic E-state index is -0.548. The van der Waals surface area contributed by atoms with Gasteiger partial charge in [-0.1, -0.05) is 12.1 Å². The molecule has 2 heterocycles. The van der Waals surface area contributed by atoms with Crippen LogP contribution >= 0.6 is 0 Å². The van der Waals surface area contributed by atoms with Crippen molar-refractivity contribution in [3.63, 3.8) is 0 Å². The lowest BCUT2D eigenvalue weighted by molar-refractivity contribution is 0.0635. The molecule has 1 atom stereocenters. The van der Waals surface area contributed by atoms with Crippen molar-refractivity contribution in [2.24, 2.45) is 0 Å². The van der Waals surface area contributed by atoms with E-state index in [1.54, 1.807) is 24.3 Å². The first-order valence-corrected chi connectivity index (χ1v) is 7.79. The van der Waals surface area contributed by atoms with Crippen molar-refractivity contribution in [3.05, 3.63) is 56.9 Å². The molecule has 0 bridgehead atoms. The van der Waals surface area contributed by atoms with Gasteiger partial charge >= 0.3 is 5.69 Å². The van der Waals surface area contributed by atoms with Gasteiger partial charge in [-0.2, -0.15) is 0 Å². The molecule has 6 nitrogen and oxygen atoms in total. The third kappa shape index (κ3) is 3.11. The van der Waals surface area contributed by atoms with Gasteiger partial charge in [0.25, 0.3) is 11.5 Å². The van der Waals surface area contributed by atoms with Gasteiger partial charge in [0.2, 0.25) is 0 Å². The Labute approximate surface area is 133 Å². The fourth-order valence-electron chi connectivity index (χ4n) is 3.01. The third-order valence-electron chi connectivity index (χ3n) is 4.30. The van der Waals surface area contributed by atoms with E-state index in [0.29, 0.717) is 16.7 Å². The van der Waals surface area contributed by atoms with E-state index >= 15 is 0 Å². The molecule has 1 fully saturated rings. The molecule has 0 spiro atoms. The average Bonchev–Trinajstić information content (AvgIpc) is 2.55. The van der Waals surface area contributed by atoms with E-state index in [1.807, 2.05) is 4.90 Å². The largest absolute Gasteiger partial charge is 0.336 e. The minimum Gasteiger partial charge on any atom is -0.336 e. The van der Waals surface area contributed by atoms with Crippen LogP contribution < -0.4 is 11.2 Å². The topological polar surface area (TPSA) is 86.0 Å². The van der Waals surface area contributed by atoms with Crippen LogP contribution in [0.3, 0.4) is 0 Å². The highest BCUT2D eigenvalue weighted by molar-refractivity contribution is 5.95. The predicted molar refractivity (Wildman–Crippen MR) is 87.5 cm³/mol. The first-order chi connectivity index (χ1) is 11.1. The number of benzene rings is 1. The lowest BCUT2D eigenvalue weighted by Crippen LogP contribution is -2.42. The molecule has 3 rings (SSSR count). The molecule has 6 heteroatoms. The van der Waals surface area contributed by atoms with E-state index in [9.17, 15) is 14.4 Å². The number of carbonyl (C=O) groups is 1. The second-order valence-corrected chi connectivity index (χ2v) is 5.91. The zero-order chi connectivity index (χ0) is 16.4. The summed E-state index contributed by atoms with van der Waals surface area (Å²) in [6.07, 6.45) is 4.56. The van der Waals surface area contributed by atoms with Gasteiger partial charge in [-0.05, 0) is 43.9 Å². The van der Waals surface area contributed by atoms with Crippen molar-refractivity contribution in [2.75, 3.05) is 6.54 Å². The fourth-order valence-corrected chi connectivity index (χ4v) is 3.01. The molecule has 0 saturated carbocycles. The summed E-state index contributed by atoms with van der Waals surface area (Å²) in [5.41, 5.74) is 0.489. The van der Waals surface area contributed by atoms with Crippen LogP contribution in [-0.2, 0) is 0 Å². The highest BCUT2D eigenvalue weighted by Gasteiger charge is 2.24. The van der Waals surface area contributed by atoms with Gasteiger partial charge in [-0.15, -0.1) is 0 Å². The van der Waals surface area contributed by atoms with Crippen molar-refractivity contribution in [2.45, 2.75) is 32.2 Å². The van der Waals surface area contributed by atoms with E-state index in [-0.39, 0.29) is 11.9 Å². The van der Waals surface area contributed by atoms with E-state index in [0.717, 1.165) is 25.8 Å². The van der Waals surface area contributed by atoms with Gasteiger partial charge in [0, 0.05) is 24.3 Å². The maximum Gasteiger partial charge on any atom is 0.325 e. The maximum atomic E-state index is 12.7. The minimum absolute atomic E-state index is 0.0140. The van der Waals surface area contributed by atoms with Gasteiger partial charge in [-0.25, -0.2) is 4.79 Å². The first kappa shape index (κ1) is 15.3. The normalized spacial score (nSPS) is 18.0. The van der Waals surface area contributed by atoms with E-state index in [2.05, 4.69) is 16.9 Å². The lowest BCUT2D eigenvalue weighted by atomic mass is 10.0. The predicted octanol–water partition coefficient (Wildman–Crippen LogP) is 1.74. The molecule has 1 aliphatic rings. The number of piperidine rings is 1. The Morgan fingerprint density at radius 2 is 2.09 bits per heavy atom. The number of aromatic amines is 2. The number of rotatable bonds is 2. The van der Waals surface area contributed by atoms with Crippen molar-refractivity contribution in [1.82, 2.24) is 14.9 Å².